The first-order valence-electron chi connectivity index (χ1n) is 7.21. The molecule has 0 saturated carbocycles. The first kappa shape index (κ1) is 19.7. The van der Waals surface area contributed by atoms with Crippen LogP contribution in [0.3, 0.4) is 0 Å². The third-order valence-electron chi connectivity index (χ3n) is 3.30. The van der Waals surface area contributed by atoms with Crippen molar-refractivity contribution in [1.29, 1.82) is 0 Å². The molecule has 0 aromatic rings. The summed E-state index contributed by atoms with van der Waals surface area (Å²) in [7, 11) is 0. The molecule has 0 aromatic heterocycles. The van der Waals surface area contributed by atoms with Crippen LogP contribution in [0.2, 0.25) is 0 Å². The van der Waals surface area contributed by atoms with Crippen LogP contribution >= 0.6 is 11.8 Å². The number of nitrogens with two attached hydrogens (primary N) is 1. The number of hydrogen-bond donors (Lipinski definition) is 1. The molecule has 1 aliphatic heterocycles. The highest BCUT2D eigenvalue weighted by atomic mass is 32.2. The SMILES string of the molecule is CC(=O)OCC1O[C@@H](SCN)C(OC(C)=O)C(C)[C@H]1OC(C)=O. The minimum atomic E-state index is -0.703. The van der Waals surface area contributed by atoms with E-state index in [0.717, 1.165) is 0 Å². The minimum absolute atomic E-state index is 0.0634. The van der Waals surface area contributed by atoms with E-state index in [9.17, 15) is 14.4 Å². The molecule has 1 fully saturated rings. The van der Waals surface area contributed by atoms with Crippen LogP contribution in [0.25, 0.3) is 0 Å². The maximum Gasteiger partial charge on any atom is 0.303 e. The van der Waals surface area contributed by atoms with Gasteiger partial charge in [0.1, 0.15) is 30.4 Å². The Hall–Kier alpha value is -1.32. The molecule has 0 bridgehead atoms. The number of rotatable bonds is 6. The Labute approximate surface area is 139 Å². The van der Waals surface area contributed by atoms with E-state index in [2.05, 4.69) is 0 Å². The first-order valence-corrected chi connectivity index (χ1v) is 8.26. The summed E-state index contributed by atoms with van der Waals surface area (Å²) in [5, 5.41) is 0. The molecule has 2 N–H and O–H groups in total. The van der Waals surface area contributed by atoms with Crippen LogP contribution in [0.5, 0.6) is 0 Å². The van der Waals surface area contributed by atoms with Gasteiger partial charge in [0.2, 0.25) is 0 Å². The van der Waals surface area contributed by atoms with Crippen LogP contribution in [-0.2, 0) is 33.3 Å². The predicted octanol–water partition coefficient (Wildman–Crippen LogP) is 0.423. The van der Waals surface area contributed by atoms with Crippen LogP contribution in [0.1, 0.15) is 27.7 Å². The number of esters is 3. The topological polar surface area (TPSA) is 114 Å². The van der Waals surface area contributed by atoms with E-state index in [0.29, 0.717) is 0 Å². The van der Waals surface area contributed by atoms with E-state index in [1.807, 2.05) is 0 Å². The Morgan fingerprint density at radius 2 is 1.61 bits per heavy atom. The highest BCUT2D eigenvalue weighted by Gasteiger charge is 2.47. The molecule has 0 aliphatic carbocycles. The van der Waals surface area contributed by atoms with Gasteiger partial charge in [-0.1, -0.05) is 6.92 Å². The largest absolute Gasteiger partial charge is 0.463 e. The van der Waals surface area contributed by atoms with Gasteiger partial charge in [-0.25, -0.2) is 0 Å². The van der Waals surface area contributed by atoms with E-state index < -0.39 is 41.7 Å². The van der Waals surface area contributed by atoms with E-state index >= 15 is 0 Å². The second-order valence-electron chi connectivity index (χ2n) is 5.19. The normalized spacial score (nSPS) is 30.4. The van der Waals surface area contributed by atoms with Gasteiger partial charge in [0.25, 0.3) is 0 Å². The van der Waals surface area contributed by atoms with Crippen molar-refractivity contribution in [3.63, 3.8) is 0 Å². The standard InChI is InChI=1S/C14H23NO7S/c1-7-12(20-9(3)17)11(5-19-8(2)16)22-14(23-6-15)13(7)21-10(4)18/h7,11-14H,5-6,15H2,1-4H3/t7?,11?,12-,13?,14+/m1/s1. The maximum atomic E-state index is 11.4. The lowest BCUT2D eigenvalue weighted by Gasteiger charge is -2.43. The lowest BCUT2D eigenvalue weighted by atomic mass is 9.91. The van der Waals surface area contributed by atoms with Crippen molar-refractivity contribution in [2.45, 2.75) is 51.4 Å². The van der Waals surface area contributed by atoms with Gasteiger partial charge in [-0.3, -0.25) is 14.4 Å². The van der Waals surface area contributed by atoms with E-state index in [1.165, 1.54) is 32.5 Å². The average molecular weight is 349 g/mol. The minimum Gasteiger partial charge on any atom is -0.463 e. The Kier molecular flexibility index (Phi) is 7.80. The van der Waals surface area contributed by atoms with Crippen molar-refractivity contribution in [2.24, 2.45) is 11.7 Å². The number of thioether (sulfide) groups is 1. The lowest BCUT2D eigenvalue weighted by molar-refractivity contribution is -0.212. The summed E-state index contributed by atoms with van der Waals surface area (Å²) in [6.45, 7) is 5.57. The van der Waals surface area contributed by atoms with Crippen LogP contribution in [0.4, 0.5) is 0 Å². The number of carbonyl (C=O) groups excluding carboxylic acids is 3. The van der Waals surface area contributed by atoms with Gasteiger partial charge in [-0.15, -0.1) is 11.8 Å². The van der Waals surface area contributed by atoms with Crippen molar-refractivity contribution >= 4 is 29.7 Å². The van der Waals surface area contributed by atoms with Gasteiger partial charge in [0, 0.05) is 32.6 Å². The molecule has 23 heavy (non-hydrogen) atoms. The quantitative estimate of drug-likeness (QED) is 0.414. The Morgan fingerprint density at radius 1 is 1.04 bits per heavy atom. The molecule has 132 valence electrons. The number of carbonyl (C=O) groups is 3. The molecular formula is C14H23NO7S. The van der Waals surface area contributed by atoms with Gasteiger partial charge >= 0.3 is 17.9 Å². The molecule has 3 unspecified atom stereocenters. The molecule has 1 aliphatic rings. The van der Waals surface area contributed by atoms with Crippen LogP contribution in [0, 0.1) is 5.92 Å². The summed E-state index contributed by atoms with van der Waals surface area (Å²) in [6.07, 6.45) is -1.99. The van der Waals surface area contributed by atoms with E-state index in [1.54, 1.807) is 6.92 Å². The number of ether oxygens (including phenoxy) is 4. The van der Waals surface area contributed by atoms with Crippen LogP contribution in [0.15, 0.2) is 0 Å². The Balaban J connectivity index is 2.97. The highest BCUT2D eigenvalue weighted by Crippen LogP contribution is 2.35. The fourth-order valence-electron chi connectivity index (χ4n) is 2.39. The Bertz CT molecular complexity index is 443. The van der Waals surface area contributed by atoms with Gasteiger partial charge in [-0.2, -0.15) is 0 Å². The molecule has 0 amide bonds. The summed E-state index contributed by atoms with van der Waals surface area (Å²) in [5.74, 6) is -1.51. The first-order chi connectivity index (χ1) is 10.8. The molecular weight excluding hydrogens is 326 g/mol. The molecule has 1 saturated heterocycles. The fourth-order valence-corrected chi connectivity index (χ4v) is 3.30. The van der Waals surface area contributed by atoms with Gasteiger partial charge in [0.15, 0.2) is 0 Å². The van der Waals surface area contributed by atoms with Gasteiger partial charge < -0.3 is 24.7 Å². The summed E-state index contributed by atoms with van der Waals surface area (Å²) in [5.41, 5.74) is 5.02. The van der Waals surface area contributed by atoms with Crippen molar-refractivity contribution in [2.75, 3.05) is 12.5 Å². The zero-order chi connectivity index (χ0) is 17.6. The second-order valence-corrected chi connectivity index (χ2v) is 6.32. The average Bonchev–Trinajstić information content (AvgIpc) is 2.43. The molecule has 1 heterocycles. The zero-order valence-electron chi connectivity index (χ0n) is 13.6. The molecule has 1 rings (SSSR count). The summed E-state index contributed by atoms with van der Waals surface area (Å²) in [6, 6.07) is 0. The van der Waals surface area contributed by atoms with Crippen molar-refractivity contribution in [3.8, 4) is 0 Å². The van der Waals surface area contributed by atoms with Crippen molar-refractivity contribution in [1.82, 2.24) is 0 Å². The molecule has 0 spiro atoms. The molecule has 8 nitrogen and oxygen atoms in total. The monoisotopic (exact) mass is 349 g/mol. The molecule has 0 radical (unpaired) electrons. The fraction of sp³-hybridized carbons (Fsp3) is 0.786. The van der Waals surface area contributed by atoms with Crippen LogP contribution < -0.4 is 5.73 Å². The summed E-state index contributed by atoms with van der Waals surface area (Å²) < 4.78 is 21.4. The molecule has 5 atom stereocenters. The third-order valence-corrected chi connectivity index (χ3v) is 4.20. The smallest absolute Gasteiger partial charge is 0.303 e. The van der Waals surface area contributed by atoms with Crippen LogP contribution in [-0.4, -0.2) is 54.1 Å². The summed E-state index contributed by atoms with van der Waals surface area (Å²) >= 11 is 1.26. The molecule has 0 aromatic carbocycles. The van der Waals surface area contributed by atoms with E-state index in [-0.39, 0.29) is 18.4 Å². The lowest BCUT2D eigenvalue weighted by Crippen LogP contribution is -2.56. The van der Waals surface area contributed by atoms with E-state index in [4.69, 9.17) is 24.7 Å². The maximum absolute atomic E-state index is 11.4. The Morgan fingerprint density at radius 3 is 2.09 bits per heavy atom. The number of hydrogen-bond acceptors (Lipinski definition) is 9. The second kappa shape index (κ2) is 9.09. The van der Waals surface area contributed by atoms with Gasteiger partial charge in [-0.05, 0) is 0 Å². The van der Waals surface area contributed by atoms with Crippen molar-refractivity contribution < 1.29 is 33.3 Å². The predicted molar refractivity (Wildman–Crippen MR) is 82.2 cm³/mol. The zero-order valence-corrected chi connectivity index (χ0v) is 14.5. The third kappa shape index (κ3) is 6.00. The van der Waals surface area contributed by atoms with Crippen molar-refractivity contribution in [3.05, 3.63) is 0 Å². The van der Waals surface area contributed by atoms with Gasteiger partial charge in [0.05, 0.1) is 0 Å². The highest BCUT2D eigenvalue weighted by molar-refractivity contribution is 7.99. The molecule has 9 heteroatoms. The summed E-state index contributed by atoms with van der Waals surface area (Å²) in [4.78, 5) is 33.7.